The molecule has 0 aliphatic carbocycles. The van der Waals surface area contributed by atoms with Gasteiger partial charge in [0.1, 0.15) is 5.75 Å². The van der Waals surface area contributed by atoms with E-state index in [-0.39, 0.29) is 50.5 Å². The van der Waals surface area contributed by atoms with Crippen LogP contribution in [-0.4, -0.2) is 74.5 Å². The summed E-state index contributed by atoms with van der Waals surface area (Å²) in [7, 11) is -2.25. The van der Waals surface area contributed by atoms with Crippen molar-refractivity contribution >= 4 is 56.8 Å². The summed E-state index contributed by atoms with van der Waals surface area (Å²) >= 11 is 0. The Morgan fingerprint density at radius 1 is 1.00 bits per heavy atom. The van der Waals surface area contributed by atoms with E-state index in [4.69, 9.17) is 8.92 Å². The molecule has 0 fully saturated rings. The molecule has 8 nitrogen and oxygen atoms in total. The van der Waals surface area contributed by atoms with E-state index in [9.17, 15) is 23.1 Å². The van der Waals surface area contributed by atoms with Gasteiger partial charge in [-0.25, -0.2) is 4.79 Å². The van der Waals surface area contributed by atoms with Crippen LogP contribution in [0.15, 0.2) is 84.9 Å². The Morgan fingerprint density at radius 3 is 2.16 bits per heavy atom. The minimum absolute atomic E-state index is 0. The van der Waals surface area contributed by atoms with Gasteiger partial charge in [-0.15, -0.1) is 0 Å². The van der Waals surface area contributed by atoms with E-state index in [2.05, 4.69) is 0 Å². The first-order valence-corrected chi connectivity index (χ1v) is 12.9. The molecule has 1 N–H and O–H groups in total. The molecule has 192 valence electrons. The van der Waals surface area contributed by atoms with Crippen LogP contribution in [0.25, 0.3) is 6.08 Å². The van der Waals surface area contributed by atoms with Gasteiger partial charge in [-0.05, 0) is 47.5 Å². The third-order valence-corrected chi connectivity index (χ3v) is 5.72. The van der Waals surface area contributed by atoms with Gasteiger partial charge in [0.25, 0.3) is 5.91 Å². The molecule has 0 aliphatic heterocycles. The molecule has 0 saturated carbocycles. The minimum Gasteiger partial charge on any atom is -1.00 e. The van der Waals surface area contributed by atoms with Gasteiger partial charge in [0, 0.05) is 31.3 Å². The smallest absolute Gasteiger partial charge is 1.00 e. The number of methoxy groups -OCH3 is 1. The predicted molar refractivity (Wildman–Crippen MR) is 146 cm³/mol. The van der Waals surface area contributed by atoms with Crippen molar-refractivity contribution in [1.82, 2.24) is 0 Å². The number of anilines is 1. The molecule has 0 bridgehead atoms. The summed E-state index contributed by atoms with van der Waals surface area (Å²) in [5.41, 5.74) is 2.76. The standard InChI is InChI=1S/C27H27NO7S.Mg.2H/c1-34-25(27(30)31)19-21-10-14-23(15-11-21)28(26(29)22-8-4-3-5-9-22)18-6-7-20-12-16-24(17-13-20)35-36(2,32)33;;;/h3-17,25H,18-19H2,1-2H3,(H,30,31);;;/q;+2;2*-1/b7-6+;;;/t25-;;;/m0.../s1. The molecule has 37 heavy (non-hydrogen) atoms. The van der Waals surface area contributed by atoms with Crippen molar-refractivity contribution in [2.45, 2.75) is 12.5 Å². The number of carboxylic acid groups (broad SMARTS) is 1. The molecule has 0 heterocycles. The van der Waals surface area contributed by atoms with Crippen LogP contribution in [-0.2, 0) is 26.1 Å². The zero-order valence-corrected chi connectivity index (χ0v) is 22.8. The number of ether oxygens (including phenoxy) is 1. The van der Waals surface area contributed by atoms with E-state index < -0.39 is 22.2 Å². The summed E-state index contributed by atoms with van der Waals surface area (Å²) in [6.45, 7) is 0.268. The SMILES string of the molecule is CO[C@@H](Cc1ccc(N(C/C=C/c2ccc(OS(C)(=O)=O)cc2)C(=O)c2ccccc2)cc1)C(=O)O.[H-].[H-].[Mg+2]. The number of hydrogen-bond acceptors (Lipinski definition) is 6. The summed E-state index contributed by atoms with van der Waals surface area (Å²) in [5.74, 6) is -1.01. The number of amides is 1. The average molecular weight is 536 g/mol. The normalized spacial score (nSPS) is 11.9. The predicted octanol–water partition coefficient (Wildman–Crippen LogP) is 3.87. The third-order valence-electron chi connectivity index (χ3n) is 5.22. The number of benzene rings is 3. The maximum absolute atomic E-state index is 13.3. The zero-order valence-electron chi connectivity index (χ0n) is 22.6. The molecule has 0 aromatic heterocycles. The Labute approximate surface area is 235 Å². The minimum atomic E-state index is -3.60. The fourth-order valence-corrected chi connectivity index (χ4v) is 3.90. The second-order valence-electron chi connectivity index (χ2n) is 7.97. The molecule has 10 heteroatoms. The van der Waals surface area contributed by atoms with Gasteiger partial charge in [0.05, 0.1) is 6.26 Å². The Kier molecular flexibility index (Phi) is 11.3. The van der Waals surface area contributed by atoms with Crippen molar-refractivity contribution in [3.63, 3.8) is 0 Å². The monoisotopic (exact) mass is 535 g/mol. The maximum atomic E-state index is 13.3. The van der Waals surface area contributed by atoms with Crippen LogP contribution in [0.4, 0.5) is 5.69 Å². The number of carbonyl (C=O) groups is 2. The quantitative estimate of drug-likeness (QED) is 0.293. The van der Waals surface area contributed by atoms with Crippen LogP contribution < -0.4 is 9.08 Å². The molecular formula is C27H29MgNO7S. The van der Waals surface area contributed by atoms with Crippen LogP contribution in [0.2, 0.25) is 0 Å². The van der Waals surface area contributed by atoms with Gasteiger partial charge in [0.15, 0.2) is 6.10 Å². The van der Waals surface area contributed by atoms with Gasteiger partial charge in [-0.2, -0.15) is 8.42 Å². The average Bonchev–Trinajstić information content (AvgIpc) is 2.86. The number of carbonyl (C=O) groups excluding carboxylic acids is 1. The molecule has 3 aromatic rings. The van der Waals surface area contributed by atoms with Crippen molar-refractivity contribution in [2.75, 3.05) is 24.8 Å². The van der Waals surface area contributed by atoms with Gasteiger partial charge < -0.3 is 21.8 Å². The Hall–Kier alpha value is -3.18. The van der Waals surface area contributed by atoms with Crippen molar-refractivity contribution in [3.05, 3.63) is 102 Å². The number of hydrogen-bond donors (Lipinski definition) is 1. The summed E-state index contributed by atoms with van der Waals surface area (Å²) in [6, 6.07) is 22.5. The topological polar surface area (TPSA) is 110 Å². The van der Waals surface area contributed by atoms with Crippen molar-refractivity contribution in [1.29, 1.82) is 0 Å². The van der Waals surface area contributed by atoms with E-state index >= 15 is 0 Å². The molecule has 0 aliphatic rings. The number of rotatable bonds is 11. The molecule has 0 saturated heterocycles. The zero-order chi connectivity index (χ0) is 26.1. The molecule has 0 spiro atoms. The van der Waals surface area contributed by atoms with Crippen LogP contribution in [0.1, 0.15) is 24.3 Å². The molecular weight excluding hydrogens is 507 g/mol. The van der Waals surface area contributed by atoms with E-state index in [1.807, 2.05) is 18.2 Å². The van der Waals surface area contributed by atoms with E-state index in [0.717, 1.165) is 17.4 Å². The second kappa shape index (κ2) is 13.9. The number of nitrogens with zero attached hydrogens (tertiary/aromatic N) is 1. The summed E-state index contributed by atoms with van der Waals surface area (Å²) < 4.78 is 32.4. The third kappa shape index (κ3) is 9.32. The van der Waals surface area contributed by atoms with Crippen molar-refractivity contribution in [2.24, 2.45) is 0 Å². The molecule has 1 atom stereocenters. The number of aliphatic carboxylic acids is 1. The van der Waals surface area contributed by atoms with Gasteiger partial charge in [-0.3, -0.25) is 4.79 Å². The Morgan fingerprint density at radius 2 is 1.62 bits per heavy atom. The Balaban J connectivity index is 0.00000481. The van der Waals surface area contributed by atoms with E-state index in [1.165, 1.54) is 7.11 Å². The molecule has 3 aromatic carbocycles. The fourth-order valence-electron chi connectivity index (χ4n) is 3.44. The fraction of sp³-hybridized carbons (Fsp3) is 0.185. The second-order valence-corrected chi connectivity index (χ2v) is 9.55. The summed E-state index contributed by atoms with van der Waals surface area (Å²) in [5, 5.41) is 9.21. The van der Waals surface area contributed by atoms with E-state index in [1.54, 1.807) is 77.7 Å². The largest absolute Gasteiger partial charge is 2.00 e. The first-order chi connectivity index (χ1) is 17.2. The van der Waals surface area contributed by atoms with Crippen LogP contribution >= 0.6 is 0 Å². The summed E-state index contributed by atoms with van der Waals surface area (Å²) in [4.78, 5) is 26.1. The first kappa shape index (κ1) is 30.0. The molecule has 3 rings (SSSR count). The Bertz CT molecular complexity index is 1320. The van der Waals surface area contributed by atoms with Gasteiger partial charge in [-0.1, -0.05) is 54.6 Å². The maximum Gasteiger partial charge on any atom is 2.00 e. The molecule has 0 radical (unpaired) electrons. The first-order valence-electron chi connectivity index (χ1n) is 11.0. The van der Waals surface area contributed by atoms with Crippen LogP contribution in [0.5, 0.6) is 5.75 Å². The number of carboxylic acids is 1. The van der Waals surface area contributed by atoms with E-state index in [0.29, 0.717) is 11.3 Å². The van der Waals surface area contributed by atoms with Crippen molar-refractivity contribution in [3.8, 4) is 5.75 Å². The van der Waals surface area contributed by atoms with Crippen molar-refractivity contribution < 1.29 is 34.9 Å². The summed E-state index contributed by atoms with van der Waals surface area (Å²) in [6.07, 6.45) is 3.88. The van der Waals surface area contributed by atoms with Gasteiger partial charge >= 0.3 is 39.1 Å². The van der Waals surface area contributed by atoms with Crippen LogP contribution in [0, 0.1) is 0 Å². The van der Waals surface area contributed by atoms with Crippen LogP contribution in [0.3, 0.4) is 0 Å². The molecule has 0 unspecified atom stereocenters. The van der Waals surface area contributed by atoms with Gasteiger partial charge in [0.2, 0.25) is 0 Å². The molecule has 1 amide bonds.